The molecule has 2 aromatic rings. The second-order valence-corrected chi connectivity index (χ2v) is 5.46. The molecule has 2 N–H and O–H groups in total. The number of hydrogen-bond acceptors (Lipinski definition) is 6. The topological polar surface area (TPSA) is 80.5 Å². The van der Waals surface area contributed by atoms with Crippen LogP contribution in [0.25, 0.3) is 11.1 Å². The first-order valence-electron chi connectivity index (χ1n) is 7.51. The molecule has 0 atom stereocenters. The van der Waals surface area contributed by atoms with E-state index in [9.17, 15) is 10.3 Å². The summed E-state index contributed by atoms with van der Waals surface area (Å²) >= 11 is 0. The van der Waals surface area contributed by atoms with Gasteiger partial charge in [-0.3, -0.25) is 0 Å². The minimum Gasteiger partial charge on any atom is -0.508 e. The van der Waals surface area contributed by atoms with Gasteiger partial charge >= 0.3 is 0 Å². The van der Waals surface area contributed by atoms with Gasteiger partial charge in [0.15, 0.2) is 11.5 Å². The summed E-state index contributed by atoms with van der Waals surface area (Å²) in [5, 5.41) is 22.6. The van der Waals surface area contributed by atoms with E-state index in [4.69, 9.17) is 14.2 Å². The largest absolute Gasteiger partial charge is 0.508 e. The molecule has 0 saturated heterocycles. The first kappa shape index (κ1) is 16.0. The Morgan fingerprint density at radius 2 is 1.67 bits per heavy atom. The Morgan fingerprint density at radius 3 is 2.29 bits per heavy atom. The number of phenols is 1. The van der Waals surface area contributed by atoms with Crippen LogP contribution in [-0.4, -0.2) is 37.4 Å². The number of rotatable bonds is 3. The summed E-state index contributed by atoms with van der Waals surface area (Å²) in [5.41, 5.74) is 3.84. The average molecular weight is 329 g/mol. The fraction of sp³-hybridized carbons (Fsp3) is 0.278. The molecular weight excluding hydrogens is 310 g/mol. The zero-order chi connectivity index (χ0) is 17.3. The van der Waals surface area contributed by atoms with Crippen molar-refractivity contribution in [1.82, 2.24) is 0 Å². The second-order valence-electron chi connectivity index (χ2n) is 5.46. The first-order valence-corrected chi connectivity index (χ1v) is 7.51. The van der Waals surface area contributed by atoms with Crippen LogP contribution in [0, 0.1) is 0 Å². The molecule has 0 heterocycles. The number of ether oxygens (including phenoxy) is 3. The van der Waals surface area contributed by atoms with Crippen LogP contribution in [0.2, 0.25) is 0 Å². The highest BCUT2D eigenvalue weighted by atomic mass is 16.5. The fourth-order valence-corrected chi connectivity index (χ4v) is 3.18. The molecule has 6 heteroatoms. The summed E-state index contributed by atoms with van der Waals surface area (Å²) in [5.74, 6) is 1.75. The Balaban J connectivity index is 2.40. The molecular formula is C18H19NO5. The number of fused-ring (bicyclic) bond motifs is 3. The van der Waals surface area contributed by atoms with Gasteiger partial charge in [-0.05, 0) is 48.2 Å². The summed E-state index contributed by atoms with van der Waals surface area (Å²) in [6, 6.07) is 6.89. The third kappa shape index (κ3) is 2.40. The normalized spacial score (nSPS) is 14.5. The van der Waals surface area contributed by atoms with E-state index in [-0.39, 0.29) is 5.75 Å². The molecule has 1 aliphatic carbocycles. The number of nitrogens with zero attached hydrogens (tertiary/aromatic N) is 1. The smallest absolute Gasteiger partial charge is 0.203 e. The highest BCUT2D eigenvalue weighted by Crippen LogP contribution is 2.49. The van der Waals surface area contributed by atoms with Gasteiger partial charge in [0.25, 0.3) is 0 Å². The Labute approximate surface area is 139 Å². The first-order chi connectivity index (χ1) is 11.6. The van der Waals surface area contributed by atoms with Crippen molar-refractivity contribution in [2.45, 2.75) is 12.8 Å². The van der Waals surface area contributed by atoms with Crippen molar-refractivity contribution >= 4 is 5.71 Å². The second kappa shape index (κ2) is 6.31. The predicted octanol–water partition coefficient (Wildman–Crippen LogP) is 3.21. The number of methoxy groups -OCH3 is 3. The molecule has 0 unspecified atom stereocenters. The van der Waals surface area contributed by atoms with E-state index in [0.29, 0.717) is 41.4 Å². The zero-order valence-corrected chi connectivity index (χ0v) is 13.8. The predicted molar refractivity (Wildman–Crippen MR) is 89.8 cm³/mol. The molecule has 0 amide bonds. The number of benzene rings is 2. The van der Waals surface area contributed by atoms with Crippen molar-refractivity contribution in [3.63, 3.8) is 0 Å². The van der Waals surface area contributed by atoms with E-state index in [1.54, 1.807) is 39.5 Å². The zero-order valence-electron chi connectivity index (χ0n) is 13.8. The summed E-state index contributed by atoms with van der Waals surface area (Å²) in [6.07, 6.45) is 1.17. The molecule has 0 saturated carbocycles. The Kier molecular flexibility index (Phi) is 4.20. The van der Waals surface area contributed by atoms with Crippen LogP contribution < -0.4 is 14.2 Å². The Morgan fingerprint density at radius 1 is 0.917 bits per heavy atom. The maximum absolute atomic E-state index is 9.84. The van der Waals surface area contributed by atoms with Gasteiger partial charge in [0.05, 0.1) is 27.0 Å². The van der Waals surface area contributed by atoms with E-state index < -0.39 is 0 Å². The van der Waals surface area contributed by atoms with Crippen molar-refractivity contribution < 1.29 is 24.5 Å². The van der Waals surface area contributed by atoms with Crippen LogP contribution in [-0.2, 0) is 6.42 Å². The number of aromatic hydroxyl groups is 1. The Hall–Kier alpha value is -2.89. The van der Waals surface area contributed by atoms with Gasteiger partial charge in [-0.25, -0.2) is 0 Å². The number of oxime groups is 1. The average Bonchev–Trinajstić information content (AvgIpc) is 2.75. The lowest BCUT2D eigenvalue weighted by atomic mass is 9.94. The van der Waals surface area contributed by atoms with Gasteiger partial charge < -0.3 is 24.5 Å². The lowest BCUT2D eigenvalue weighted by molar-refractivity contribution is 0.318. The quantitative estimate of drug-likeness (QED) is 0.667. The van der Waals surface area contributed by atoms with E-state index >= 15 is 0 Å². The van der Waals surface area contributed by atoms with Crippen molar-refractivity contribution in [1.29, 1.82) is 0 Å². The summed E-state index contributed by atoms with van der Waals surface area (Å²) in [7, 11) is 4.71. The third-order valence-electron chi connectivity index (χ3n) is 4.25. The molecule has 126 valence electrons. The van der Waals surface area contributed by atoms with E-state index in [0.717, 1.165) is 16.7 Å². The number of aryl methyl sites for hydroxylation is 1. The van der Waals surface area contributed by atoms with Crippen LogP contribution >= 0.6 is 0 Å². The standard InChI is InChI=1S/C18H19NO5/c1-22-15-8-10-4-7-14(19-21)13-9-11(20)5-6-12(13)16(10)18(24-3)17(15)23-2/h5-6,8-9,20-21H,4,7H2,1-3H3/b19-14-. The van der Waals surface area contributed by atoms with Crippen LogP contribution in [0.15, 0.2) is 29.4 Å². The van der Waals surface area contributed by atoms with Crippen molar-refractivity contribution in [3.8, 4) is 34.1 Å². The van der Waals surface area contributed by atoms with Crippen molar-refractivity contribution in [2.75, 3.05) is 21.3 Å². The van der Waals surface area contributed by atoms with Gasteiger partial charge in [0.1, 0.15) is 5.75 Å². The molecule has 0 fully saturated rings. The molecule has 3 rings (SSSR count). The Bertz CT molecular complexity index is 814. The molecule has 2 aromatic carbocycles. The highest BCUT2D eigenvalue weighted by Gasteiger charge is 2.27. The van der Waals surface area contributed by atoms with Gasteiger partial charge in [-0.15, -0.1) is 0 Å². The van der Waals surface area contributed by atoms with E-state index in [2.05, 4.69) is 5.16 Å². The lowest BCUT2D eigenvalue weighted by Crippen LogP contribution is -2.01. The van der Waals surface area contributed by atoms with Gasteiger partial charge in [-0.2, -0.15) is 0 Å². The van der Waals surface area contributed by atoms with Gasteiger partial charge in [-0.1, -0.05) is 5.16 Å². The molecule has 0 aliphatic heterocycles. The van der Waals surface area contributed by atoms with Gasteiger partial charge in [0, 0.05) is 11.1 Å². The van der Waals surface area contributed by atoms with Crippen LogP contribution in [0.1, 0.15) is 17.5 Å². The molecule has 6 nitrogen and oxygen atoms in total. The highest BCUT2D eigenvalue weighted by molar-refractivity contribution is 6.08. The molecule has 24 heavy (non-hydrogen) atoms. The van der Waals surface area contributed by atoms with Crippen LogP contribution in [0.3, 0.4) is 0 Å². The van der Waals surface area contributed by atoms with Gasteiger partial charge in [0.2, 0.25) is 5.75 Å². The van der Waals surface area contributed by atoms with Crippen molar-refractivity contribution in [3.05, 3.63) is 35.4 Å². The molecule has 0 radical (unpaired) electrons. The van der Waals surface area contributed by atoms with Crippen LogP contribution in [0.5, 0.6) is 23.0 Å². The summed E-state index contributed by atoms with van der Waals surface area (Å²) in [4.78, 5) is 0. The van der Waals surface area contributed by atoms with E-state index in [1.165, 1.54) is 0 Å². The monoisotopic (exact) mass is 329 g/mol. The summed E-state index contributed by atoms with van der Waals surface area (Å²) < 4.78 is 16.5. The minimum atomic E-state index is 0.109. The maximum Gasteiger partial charge on any atom is 0.203 e. The molecule has 0 aromatic heterocycles. The fourth-order valence-electron chi connectivity index (χ4n) is 3.18. The van der Waals surface area contributed by atoms with E-state index in [1.807, 2.05) is 6.07 Å². The molecule has 0 bridgehead atoms. The lowest BCUT2D eigenvalue weighted by Gasteiger charge is -2.19. The maximum atomic E-state index is 9.84. The van der Waals surface area contributed by atoms with Crippen molar-refractivity contribution in [2.24, 2.45) is 5.16 Å². The van der Waals surface area contributed by atoms with Crippen LogP contribution in [0.4, 0.5) is 0 Å². The SMILES string of the molecule is COc1cc2c(c(OC)c1OC)-c1ccc(O)cc1/C(=N\O)CC2. The number of phenolic OH excluding ortho intramolecular Hbond substituents is 1. The number of hydrogen-bond donors (Lipinski definition) is 2. The molecule has 1 aliphatic rings. The summed E-state index contributed by atoms with van der Waals surface area (Å²) in [6.45, 7) is 0. The third-order valence-corrected chi connectivity index (χ3v) is 4.25. The molecule has 0 spiro atoms. The minimum absolute atomic E-state index is 0.109.